The Balaban J connectivity index is 1.54. The first kappa shape index (κ1) is 18.9. The molecule has 146 valence electrons. The van der Waals surface area contributed by atoms with Gasteiger partial charge in [-0.05, 0) is 36.8 Å². The number of carbonyl (C=O) groups excluding carboxylic acids is 1. The van der Waals surface area contributed by atoms with Crippen LogP contribution in [0.1, 0.15) is 18.5 Å². The van der Waals surface area contributed by atoms with Crippen molar-refractivity contribution in [3.63, 3.8) is 0 Å². The van der Waals surface area contributed by atoms with Crippen LogP contribution in [0.4, 0.5) is 0 Å². The van der Waals surface area contributed by atoms with Gasteiger partial charge in [-0.3, -0.25) is 14.2 Å². The second-order valence-corrected chi connectivity index (χ2v) is 7.08. The number of para-hydroxylation sites is 1. The molecule has 1 amide bonds. The lowest BCUT2D eigenvalue weighted by Crippen LogP contribution is -2.33. The Bertz CT molecular complexity index is 1220. The molecule has 0 saturated carbocycles. The summed E-state index contributed by atoms with van der Waals surface area (Å²) < 4.78 is 2.88. The van der Waals surface area contributed by atoms with Crippen LogP contribution in [0.3, 0.4) is 0 Å². The molecule has 4 rings (SSSR count). The van der Waals surface area contributed by atoms with Crippen LogP contribution in [0.5, 0.6) is 0 Å². The molecular formula is C21H18ClN5O2. The van der Waals surface area contributed by atoms with E-state index in [4.69, 9.17) is 11.6 Å². The van der Waals surface area contributed by atoms with Gasteiger partial charge in [-0.25, -0.2) is 9.67 Å². The van der Waals surface area contributed by atoms with Gasteiger partial charge in [-0.15, -0.1) is 0 Å². The van der Waals surface area contributed by atoms with E-state index < -0.39 is 0 Å². The van der Waals surface area contributed by atoms with Gasteiger partial charge in [-0.2, -0.15) is 5.10 Å². The van der Waals surface area contributed by atoms with E-state index in [0.717, 1.165) is 11.3 Å². The third-order valence-corrected chi connectivity index (χ3v) is 4.87. The van der Waals surface area contributed by atoms with Gasteiger partial charge in [0, 0.05) is 5.02 Å². The first-order valence-corrected chi connectivity index (χ1v) is 9.44. The second kappa shape index (κ2) is 7.89. The van der Waals surface area contributed by atoms with Crippen LogP contribution in [0.15, 0.2) is 71.9 Å². The number of halogens is 1. The minimum absolute atomic E-state index is 0.129. The number of fused-ring (bicyclic) bond motifs is 1. The van der Waals surface area contributed by atoms with Gasteiger partial charge in [0.1, 0.15) is 18.3 Å². The second-order valence-electron chi connectivity index (χ2n) is 6.65. The molecule has 0 radical (unpaired) electrons. The van der Waals surface area contributed by atoms with Crippen LogP contribution in [-0.2, 0) is 11.3 Å². The Labute approximate surface area is 171 Å². The number of nitrogens with one attached hydrogen (secondary N) is 1. The molecule has 4 aromatic rings. The number of benzene rings is 2. The standard InChI is InChI=1S/C21H18ClN5O2/c1-14(15-7-9-16(22)10-8-15)25-19(28)12-26-13-23-20-18(21(26)29)11-24-27(20)17-5-3-2-4-6-17/h2-11,13-14H,12H2,1H3,(H,25,28)/t14-/m1/s1. The van der Waals surface area contributed by atoms with Crippen molar-refractivity contribution in [1.29, 1.82) is 0 Å². The Hall–Kier alpha value is -3.45. The molecule has 0 spiro atoms. The summed E-state index contributed by atoms with van der Waals surface area (Å²) in [7, 11) is 0. The molecule has 0 unspecified atom stereocenters. The van der Waals surface area contributed by atoms with E-state index in [-0.39, 0.29) is 24.1 Å². The normalized spacial score (nSPS) is 12.1. The van der Waals surface area contributed by atoms with E-state index in [1.807, 2.05) is 49.4 Å². The van der Waals surface area contributed by atoms with Crippen LogP contribution in [0.25, 0.3) is 16.7 Å². The summed E-state index contributed by atoms with van der Waals surface area (Å²) in [6, 6.07) is 16.5. The van der Waals surface area contributed by atoms with E-state index in [1.54, 1.807) is 16.8 Å². The lowest BCUT2D eigenvalue weighted by atomic mass is 10.1. The molecule has 0 saturated heterocycles. The van der Waals surface area contributed by atoms with Crippen molar-refractivity contribution in [2.75, 3.05) is 0 Å². The monoisotopic (exact) mass is 407 g/mol. The Morgan fingerprint density at radius 2 is 1.86 bits per heavy atom. The molecule has 0 fully saturated rings. The molecule has 1 N–H and O–H groups in total. The molecule has 2 aromatic carbocycles. The van der Waals surface area contributed by atoms with E-state index in [1.165, 1.54) is 17.1 Å². The van der Waals surface area contributed by atoms with Gasteiger partial charge >= 0.3 is 0 Å². The number of carbonyl (C=O) groups is 1. The fraction of sp³-hybridized carbons (Fsp3) is 0.143. The molecule has 1 atom stereocenters. The maximum atomic E-state index is 12.8. The lowest BCUT2D eigenvalue weighted by Gasteiger charge is -2.15. The van der Waals surface area contributed by atoms with Gasteiger partial charge < -0.3 is 5.32 Å². The fourth-order valence-electron chi connectivity index (χ4n) is 3.10. The number of nitrogens with zero attached hydrogens (tertiary/aromatic N) is 4. The largest absolute Gasteiger partial charge is 0.348 e. The predicted octanol–water partition coefficient (Wildman–Crippen LogP) is 3.11. The summed E-state index contributed by atoms with van der Waals surface area (Å²) in [5, 5.41) is 8.14. The molecule has 0 aliphatic rings. The van der Waals surface area contributed by atoms with Gasteiger partial charge in [0.05, 0.1) is 17.9 Å². The highest BCUT2D eigenvalue weighted by Crippen LogP contribution is 2.16. The van der Waals surface area contributed by atoms with Crippen molar-refractivity contribution in [3.05, 3.63) is 88.1 Å². The van der Waals surface area contributed by atoms with Gasteiger partial charge in [0.15, 0.2) is 5.65 Å². The maximum Gasteiger partial charge on any atom is 0.264 e. The Kier molecular flexibility index (Phi) is 5.14. The highest BCUT2D eigenvalue weighted by molar-refractivity contribution is 6.30. The minimum atomic E-state index is -0.313. The molecular weight excluding hydrogens is 390 g/mol. The zero-order valence-electron chi connectivity index (χ0n) is 15.6. The third kappa shape index (κ3) is 3.90. The summed E-state index contributed by atoms with van der Waals surface area (Å²) >= 11 is 5.90. The molecule has 7 nitrogen and oxygen atoms in total. The molecule has 0 aliphatic carbocycles. The summed E-state index contributed by atoms with van der Waals surface area (Å²) in [6.07, 6.45) is 2.85. The smallest absolute Gasteiger partial charge is 0.264 e. The number of rotatable bonds is 5. The number of amides is 1. The van der Waals surface area contributed by atoms with E-state index in [0.29, 0.717) is 16.1 Å². The van der Waals surface area contributed by atoms with Crippen LogP contribution in [-0.4, -0.2) is 25.2 Å². The first-order valence-electron chi connectivity index (χ1n) is 9.06. The van der Waals surface area contributed by atoms with Crippen molar-refractivity contribution >= 4 is 28.5 Å². The average Bonchev–Trinajstić information content (AvgIpc) is 3.16. The van der Waals surface area contributed by atoms with E-state index in [9.17, 15) is 9.59 Å². The molecule has 0 bridgehead atoms. The lowest BCUT2D eigenvalue weighted by molar-refractivity contribution is -0.122. The van der Waals surface area contributed by atoms with Crippen LogP contribution in [0, 0.1) is 0 Å². The molecule has 2 aromatic heterocycles. The zero-order valence-corrected chi connectivity index (χ0v) is 16.4. The summed E-state index contributed by atoms with van der Waals surface area (Å²) in [6.45, 7) is 1.74. The Morgan fingerprint density at radius 3 is 2.59 bits per heavy atom. The van der Waals surface area contributed by atoms with Crippen LogP contribution < -0.4 is 10.9 Å². The predicted molar refractivity (Wildman–Crippen MR) is 111 cm³/mol. The number of hydrogen-bond donors (Lipinski definition) is 1. The van der Waals surface area contributed by atoms with E-state index in [2.05, 4.69) is 15.4 Å². The first-order chi connectivity index (χ1) is 14.0. The van der Waals surface area contributed by atoms with Crippen molar-refractivity contribution in [1.82, 2.24) is 24.6 Å². The quantitative estimate of drug-likeness (QED) is 0.551. The SMILES string of the molecule is C[C@@H](NC(=O)Cn1cnc2c(cnn2-c2ccccc2)c1=O)c1ccc(Cl)cc1. The van der Waals surface area contributed by atoms with Crippen LogP contribution in [0.2, 0.25) is 5.02 Å². The van der Waals surface area contributed by atoms with Crippen molar-refractivity contribution in [2.45, 2.75) is 19.5 Å². The zero-order chi connectivity index (χ0) is 20.4. The maximum absolute atomic E-state index is 12.8. The molecule has 2 heterocycles. The number of aromatic nitrogens is 4. The summed E-state index contributed by atoms with van der Waals surface area (Å²) in [4.78, 5) is 29.6. The molecule has 29 heavy (non-hydrogen) atoms. The average molecular weight is 408 g/mol. The van der Waals surface area contributed by atoms with Crippen molar-refractivity contribution < 1.29 is 4.79 Å². The van der Waals surface area contributed by atoms with Crippen molar-refractivity contribution in [3.8, 4) is 5.69 Å². The molecule has 8 heteroatoms. The van der Waals surface area contributed by atoms with Crippen molar-refractivity contribution in [2.24, 2.45) is 0 Å². The highest BCUT2D eigenvalue weighted by atomic mass is 35.5. The van der Waals surface area contributed by atoms with E-state index >= 15 is 0 Å². The highest BCUT2D eigenvalue weighted by Gasteiger charge is 2.14. The molecule has 0 aliphatic heterocycles. The van der Waals surface area contributed by atoms with Gasteiger partial charge in [0.25, 0.3) is 5.56 Å². The Morgan fingerprint density at radius 1 is 1.14 bits per heavy atom. The fourth-order valence-corrected chi connectivity index (χ4v) is 3.22. The number of hydrogen-bond acceptors (Lipinski definition) is 4. The van der Waals surface area contributed by atoms with Gasteiger partial charge in [0.2, 0.25) is 5.91 Å². The topological polar surface area (TPSA) is 81.8 Å². The third-order valence-electron chi connectivity index (χ3n) is 4.62. The summed E-state index contributed by atoms with van der Waals surface area (Å²) in [5.74, 6) is -0.286. The van der Waals surface area contributed by atoms with Crippen LogP contribution >= 0.6 is 11.6 Å². The van der Waals surface area contributed by atoms with Gasteiger partial charge in [-0.1, -0.05) is 41.9 Å². The minimum Gasteiger partial charge on any atom is -0.348 e. The summed E-state index contributed by atoms with van der Waals surface area (Å²) in [5.41, 5.74) is 1.87.